The number of nitrogens with zero attached hydrogens (tertiary/aromatic N) is 2. The molecule has 1 rings (SSSR count). The Bertz CT molecular complexity index is 255. The molecule has 0 aromatic heterocycles. The van der Waals surface area contributed by atoms with Gasteiger partial charge in [-0.15, -0.1) is 12.4 Å². The lowest BCUT2D eigenvalue weighted by Gasteiger charge is -2.32. The Hall–Kier alpha value is -0.320. The first-order valence-corrected chi connectivity index (χ1v) is 7.20. The zero-order valence-corrected chi connectivity index (χ0v) is 13.4. The molecule has 1 atom stereocenters. The molecule has 0 aliphatic heterocycles. The summed E-state index contributed by atoms with van der Waals surface area (Å²) in [5.74, 6) is 0.155. The summed E-state index contributed by atoms with van der Waals surface area (Å²) >= 11 is 0. The zero-order chi connectivity index (χ0) is 13.5. The van der Waals surface area contributed by atoms with Gasteiger partial charge in [-0.2, -0.15) is 0 Å². The second-order valence-corrected chi connectivity index (χ2v) is 5.77. The Morgan fingerprint density at radius 1 is 1.21 bits per heavy atom. The molecule has 1 fully saturated rings. The highest BCUT2D eigenvalue weighted by Crippen LogP contribution is 2.21. The third-order valence-electron chi connectivity index (χ3n) is 3.91. The molecule has 0 bridgehead atoms. The van der Waals surface area contributed by atoms with Crippen molar-refractivity contribution >= 4 is 18.3 Å². The molecule has 114 valence electrons. The Morgan fingerprint density at radius 3 is 2.32 bits per heavy atom. The molecule has 0 heterocycles. The number of hydrogen-bond donors (Lipinski definition) is 1. The van der Waals surface area contributed by atoms with Gasteiger partial charge in [0, 0.05) is 38.6 Å². The SMILES string of the molecule is CC(N)CC(=O)N(C)CCN(C)C1CCCCC1.Cl. The van der Waals surface area contributed by atoms with Crippen molar-refractivity contribution in [1.82, 2.24) is 9.80 Å². The van der Waals surface area contributed by atoms with Crippen LogP contribution in [-0.2, 0) is 4.79 Å². The molecule has 1 aliphatic carbocycles. The lowest BCUT2D eigenvalue weighted by molar-refractivity contribution is -0.130. The second kappa shape index (κ2) is 9.56. The van der Waals surface area contributed by atoms with E-state index in [0.717, 1.165) is 19.1 Å². The molecule has 1 amide bonds. The Kier molecular flexibility index (Phi) is 9.40. The van der Waals surface area contributed by atoms with E-state index in [1.54, 1.807) is 0 Å². The van der Waals surface area contributed by atoms with Gasteiger partial charge in [0.2, 0.25) is 5.91 Å². The maximum Gasteiger partial charge on any atom is 0.223 e. The summed E-state index contributed by atoms with van der Waals surface area (Å²) in [5.41, 5.74) is 5.65. The lowest BCUT2D eigenvalue weighted by Crippen LogP contribution is -2.41. The van der Waals surface area contributed by atoms with E-state index in [9.17, 15) is 4.79 Å². The van der Waals surface area contributed by atoms with Crippen LogP contribution in [0.2, 0.25) is 0 Å². The van der Waals surface area contributed by atoms with Gasteiger partial charge in [-0.05, 0) is 26.8 Å². The normalized spacial score (nSPS) is 17.9. The van der Waals surface area contributed by atoms with Gasteiger partial charge in [0.15, 0.2) is 0 Å². The smallest absolute Gasteiger partial charge is 0.223 e. The van der Waals surface area contributed by atoms with Crippen LogP contribution in [-0.4, -0.2) is 55.0 Å². The molecular weight excluding hydrogens is 262 g/mol. The first-order valence-electron chi connectivity index (χ1n) is 7.20. The van der Waals surface area contributed by atoms with Crippen LogP contribution in [0.5, 0.6) is 0 Å². The number of amides is 1. The van der Waals surface area contributed by atoms with Gasteiger partial charge >= 0.3 is 0 Å². The highest BCUT2D eigenvalue weighted by atomic mass is 35.5. The van der Waals surface area contributed by atoms with Crippen LogP contribution in [0.25, 0.3) is 0 Å². The molecule has 2 N–H and O–H groups in total. The van der Waals surface area contributed by atoms with Crippen LogP contribution < -0.4 is 5.73 Å². The van der Waals surface area contributed by atoms with E-state index in [-0.39, 0.29) is 24.4 Å². The fourth-order valence-electron chi connectivity index (χ4n) is 2.57. The number of likely N-dealkylation sites (N-methyl/N-ethyl adjacent to an activating group) is 2. The molecule has 0 spiro atoms. The summed E-state index contributed by atoms with van der Waals surface area (Å²) in [6.07, 6.45) is 7.17. The third-order valence-corrected chi connectivity index (χ3v) is 3.91. The quantitative estimate of drug-likeness (QED) is 0.813. The molecule has 0 aromatic carbocycles. The zero-order valence-electron chi connectivity index (χ0n) is 12.6. The number of rotatable bonds is 6. The average Bonchev–Trinajstić information content (AvgIpc) is 2.35. The molecule has 5 heteroatoms. The van der Waals surface area contributed by atoms with Gasteiger partial charge < -0.3 is 15.5 Å². The van der Waals surface area contributed by atoms with Crippen molar-refractivity contribution < 1.29 is 4.79 Å². The van der Waals surface area contributed by atoms with Crippen LogP contribution in [0.3, 0.4) is 0 Å². The summed E-state index contributed by atoms with van der Waals surface area (Å²) in [5, 5.41) is 0. The Labute approximate surface area is 124 Å². The Balaban J connectivity index is 0.00000324. The molecule has 4 nitrogen and oxygen atoms in total. The lowest BCUT2D eigenvalue weighted by atomic mass is 9.94. The highest BCUT2D eigenvalue weighted by Gasteiger charge is 2.18. The highest BCUT2D eigenvalue weighted by molar-refractivity contribution is 5.85. The molecular formula is C14H30ClN3O. The molecule has 0 saturated heterocycles. The van der Waals surface area contributed by atoms with Crippen molar-refractivity contribution in [2.75, 3.05) is 27.2 Å². The summed E-state index contributed by atoms with van der Waals surface area (Å²) < 4.78 is 0. The van der Waals surface area contributed by atoms with Gasteiger partial charge in [-0.1, -0.05) is 19.3 Å². The predicted molar refractivity (Wildman–Crippen MR) is 82.7 cm³/mol. The first-order chi connectivity index (χ1) is 8.50. The summed E-state index contributed by atoms with van der Waals surface area (Å²) in [7, 11) is 4.05. The van der Waals surface area contributed by atoms with Crippen molar-refractivity contribution in [2.24, 2.45) is 5.73 Å². The summed E-state index contributed by atoms with van der Waals surface area (Å²) in [4.78, 5) is 16.0. The van der Waals surface area contributed by atoms with E-state index in [0.29, 0.717) is 6.42 Å². The fourth-order valence-corrected chi connectivity index (χ4v) is 2.57. The van der Waals surface area contributed by atoms with E-state index in [1.807, 2.05) is 18.9 Å². The molecule has 0 radical (unpaired) electrons. The standard InChI is InChI=1S/C14H29N3O.ClH/c1-12(15)11-14(18)17(3)10-9-16(2)13-7-5-4-6-8-13;/h12-13H,4-11,15H2,1-3H3;1H. The van der Waals surface area contributed by atoms with Gasteiger partial charge in [0.1, 0.15) is 0 Å². The largest absolute Gasteiger partial charge is 0.344 e. The third kappa shape index (κ3) is 7.14. The molecule has 1 saturated carbocycles. The van der Waals surface area contributed by atoms with Crippen molar-refractivity contribution in [3.05, 3.63) is 0 Å². The molecule has 19 heavy (non-hydrogen) atoms. The monoisotopic (exact) mass is 291 g/mol. The molecule has 0 aromatic rings. The summed E-state index contributed by atoms with van der Waals surface area (Å²) in [6.45, 7) is 3.64. The minimum atomic E-state index is -0.0453. The maximum absolute atomic E-state index is 11.8. The van der Waals surface area contributed by atoms with E-state index >= 15 is 0 Å². The van der Waals surface area contributed by atoms with E-state index in [1.165, 1.54) is 32.1 Å². The molecule has 1 aliphatic rings. The van der Waals surface area contributed by atoms with E-state index < -0.39 is 0 Å². The van der Waals surface area contributed by atoms with Crippen LogP contribution in [0.1, 0.15) is 45.4 Å². The number of hydrogen-bond acceptors (Lipinski definition) is 3. The van der Waals surface area contributed by atoms with E-state index in [4.69, 9.17) is 5.73 Å². The average molecular weight is 292 g/mol. The minimum absolute atomic E-state index is 0. The fraction of sp³-hybridized carbons (Fsp3) is 0.929. The van der Waals surface area contributed by atoms with E-state index in [2.05, 4.69) is 11.9 Å². The number of carbonyl (C=O) groups is 1. The van der Waals surface area contributed by atoms with Crippen molar-refractivity contribution in [1.29, 1.82) is 0 Å². The number of carbonyl (C=O) groups excluding carboxylic acids is 1. The maximum atomic E-state index is 11.8. The minimum Gasteiger partial charge on any atom is -0.344 e. The van der Waals surface area contributed by atoms with Gasteiger partial charge in [-0.3, -0.25) is 4.79 Å². The van der Waals surface area contributed by atoms with Gasteiger partial charge in [0.05, 0.1) is 0 Å². The van der Waals surface area contributed by atoms with Crippen LogP contribution in [0.4, 0.5) is 0 Å². The van der Waals surface area contributed by atoms with Crippen molar-refractivity contribution in [3.63, 3.8) is 0 Å². The number of halogens is 1. The van der Waals surface area contributed by atoms with Crippen LogP contribution in [0, 0.1) is 0 Å². The second-order valence-electron chi connectivity index (χ2n) is 5.77. The predicted octanol–water partition coefficient (Wildman–Crippen LogP) is 1.87. The van der Waals surface area contributed by atoms with Gasteiger partial charge in [-0.25, -0.2) is 0 Å². The van der Waals surface area contributed by atoms with Crippen LogP contribution >= 0.6 is 12.4 Å². The topological polar surface area (TPSA) is 49.6 Å². The first kappa shape index (κ1) is 18.7. The van der Waals surface area contributed by atoms with Gasteiger partial charge in [0.25, 0.3) is 0 Å². The van der Waals surface area contributed by atoms with Crippen molar-refractivity contribution in [2.45, 2.75) is 57.5 Å². The number of nitrogens with two attached hydrogens (primary N) is 1. The van der Waals surface area contributed by atoms with Crippen molar-refractivity contribution in [3.8, 4) is 0 Å². The molecule has 1 unspecified atom stereocenters. The van der Waals surface area contributed by atoms with Crippen LogP contribution in [0.15, 0.2) is 0 Å². The summed E-state index contributed by atoms with van der Waals surface area (Å²) in [6, 6.07) is 0.673. The Morgan fingerprint density at radius 2 is 1.79 bits per heavy atom.